The van der Waals surface area contributed by atoms with E-state index in [1.165, 1.54) is 10.7 Å². The van der Waals surface area contributed by atoms with Crippen molar-refractivity contribution in [3.05, 3.63) is 11.8 Å². The smallest absolute Gasteiger partial charge is 0.252 e. The normalized spacial score (nSPS) is 11.2. The molecule has 0 aliphatic heterocycles. The van der Waals surface area contributed by atoms with Crippen molar-refractivity contribution in [3.63, 3.8) is 0 Å². The molecule has 0 unspecified atom stereocenters. The third kappa shape index (κ3) is 2.47. The molecule has 0 fully saturated rings. The van der Waals surface area contributed by atoms with Crippen molar-refractivity contribution in [2.24, 2.45) is 0 Å². The van der Waals surface area contributed by atoms with E-state index in [-0.39, 0.29) is 18.0 Å². The van der Waals surface area contributed by atoms with Crippen molar-refractivity contribution in [3.8, 4) is 6.07 Å². The summed E-state index contributed by atoms with van der Waals surface area (Å²) < 4.78 is 23.3. The Morgan fingerprint density at radius 2 is 2.36 bits per heavy atom. The van der Waals surface area contributed by atoms with Crippen LogP contribution >= 0.6 is 10.7 Å². The predicted octanol–water partition coefficient (Wildman–Crippen LogP) is 1.03. The molecule has 0 saturated carbocycles. The molecule has 0 amide bonds. The third-order valence-corrected chi connectivity index (χ3v) is 2.85. The summed E-state index contributed by atoms with van der Waals surface area (Å²) >= 11 is 0. The summed E-state index contributed by atoms with van der Waals surface area (Å²) in [5.41, 5.74) is 0.558. The fourth-order valence-corrected chi connectivity index (χ4v) is 2.10. The van der Waals surface area contributed by atoms with Crippen LogP contribution in [0.15, 0.2) is 11.1 Å². The summed E-state index contributed by atoms with van der Waals surface area (Å²) in [4.78, 5) is 0. The first-order chi connectivity index (χ1) is 6.45. The average molecular weight is 234 g/mol. The maximum atomic E-state index is 11.1. The monoisotopic (exact) mass is 233 g/mol. The second-order valence-electron chi connectivity index (χ2n) is 2.69. The number of aryl methyl sites for hydroxylation is 2. The molecule has 0 aromatic carbocycles. The molecule has 0 bridgehead atoms. The molecule has 0 saturated heterocycles. The summed E-state index contributed by atoms with van der Waals surface area (Å²) in [5, 5.41) is 12.2. The zero-order valence-electron chi connectivity index (χ0n) is 7.44. The van der Waals surface area contributed by atoms with Gasteiger partial charge in [0, 0.05) is 10.7 Å². The standard InChI is InChI=1S/C7H8ClN3O2S/c1-6-5-7(14(8,12)13)11(10-6)4-2-3-9/h5H,2,4H2,1H3. The number of halogens is 1. The molecule has 0 radical (unpaired) electrons. The number of rotatable bonds is 3. The van der Waals surface area contributed by atoms with E-state index in [0.717, 1.165) is 0 Å². The second-order valence-corrected chi connectivity index (χ2v) is 5.21. The first-order valence-electron chi connectivity index (χ1n) is 3.81. The Hall–Kier alpha value is -1.06. The van der Waals surface area contributed by atoms with Gasteiger partial charge in [0.2, 0.25) is 0 Å². The maximum absolute atomic E-state index is 11.1. The number of hydrogen-bond donors (Lipinski definition) is 0. The lowest BCUT2D eigenvalue weighted by Crippen LogP contribution is -2.06. The lowest BCUT2D eigenvalue weighted by atomic mass is 10.5. The largest absolute Gasteiger partial charge is 0.278 e. The lowest BCUT2D eigenvalue weighted by molar-refractivity contribution is 0.548. The fourth-order valence-electron chi connectivity index (χ4n) is 1.03. The van der Waals surface area contributed by atoms with Crippen LogP contribution in [0.2, 0.25) is 0 Å². The molecular weight excluding hydrogens is 226 g/mol. The summed E-state index contributed by atoms with van der Waals surface area (Å²) in [6.07, 6.45) is 0.195. The summed E-state index contributed by atoms with van der Waals surface area (Å²) in [7, 11) is 1.40. The molecule has 1 rings (SSSR count). The molecule has 1 aromatic rings. The summed E-state index contributed by atoms with van der Waals surface area (Å²) in [5.74, 6) is 0. The van der Waals surface area contributed by atoms with E-state index in [1.807, 2.05) is 6.07 Å². The van der Waals surface area contributed by atoms with Crippen LogP contribution in [0.25, 0.3) is 0 Å². The number of nitriles is 1. The molecule has 0 aliphatic rings. The van der Waals surface area contributed by atoms with Crippen molar-refractivity contribution >= 4 is 19.7 Å². The Bertz CT molecular complexity index is 472. The zero-order valence-corrected chi connectivity index (χ0v) is 9.01. The molecule has 0 atom stereocenters. The van der Waals surface area contributed by atoms with Crippen LogP contribution < -0.4 is 0 Å². The topological polar surface area (TPSA) is 75.8 Å². The Labute approximate surface area is 86.3 Å². The molecule has 0 aliphatic carbocycles. The number of nitrogens with zero attached hydrogens (tertiary/aromatic N) is 3. The second kappa shape index (κ2) is 3.98. The molecule has 7 heteroatoms. The highest BCUT2D eigenvalue weighted by Gasteiger charge is 2.17. The highest BCUT2D eigenvalue weighted by atomic mass is 35.7. The van der Waals surface area contributed by atoms with Gasteiger partial charge in [0.05, 0.1) is 24.7 Å². The Morgan fingerprint density at radius 3 is 2.86 bits per heavy atom. The van der Waals surface area contributed by atoms with Crippen LogP contribution in [-0.2, 0) is 15.6 Å². The number of hydrogen-bond acceptors (Lipinski definition) is 4. The molecule has 14 heavy (non-hydrogen) atoms. The highest BCUT2D eigenvalue weighted by Crippen LogP contribution is 2.16. The van der Waals surface area contributed by atoms with Crippen molar-refractivity contribution in [1.82, 2.24) is 9.78 Å². The van der Waals surface area contributed by atoms with Crippen molar-refractivity contribution in [2.75, 3.05) is 0 Å². The van der Waals surface area contributed by atoms with Crippen LogP contribution in [0.4, 0.5) is 0 Å². The van der Waals surface area contributed by atoms with Gasteiger partial charge < -0.3 is 0 Å². The first kappa shape index (κ1) is 11.0. The predicted molar refractivity (Wildman–Crippen MR) is 50.2 cm³/mol. The van der Waals surface area contributed by atoms with E-state index in [1.54, 1.807) is 6.92 Å². The minimum absolute atomic E-state index is 0.0630. The molecule has 1 aromatic heterocycles. The molecule has 5 nitrogen and oxygen atoms in total. The van der Waals surface area contributed by atoms with Crippen molar-refractivity contribution in [1.29, 1.82) is 5.26 Å². The van der Waals surface area contributed by atoms with Gasteiger partial charge in [0.15, 0.2) is 5.03 Å². The van der Waals surface area contributed by atoms with Crippen LogP contribution in [-0.4, -0.2) is 18.2 Å². The van der Waals surface area contributed by atoms with E-state index >= 15 is 0 Å². The van der Waals surface area contributed by atoms with Crippen molar-refractivity contribution < 1.29 is 8.42 Å². The summed E-state index contributed by atoms with van der Waals surface area (Å²) in [6, 6.07) is 3.28. The van der Waals surface area contributed by atoms with Gasteiger partial charge in [-0.15, -0.1) is 0 Å². The quantitative estimate of drug-likeness (QED) is 0.731. The Kier molecular flexibility index (Phi) is 3.13. The van der Waals surface area contributed by atoms with Crippen LogP contribution in [0.3, 0.4) is 0 Å². The first-order valence-corrected chi connectivity index (χ1v) is 6.12. The highest BCUT2D eigenvalue weighted by molar-refractivity contribution is 8.13. The zero-order chi connectivity index (χ0) is 10.8. The molecule has 0 spiro atoms. The van der Waals surface area contributed by atoms with Crippen LogP contribution in [0.1, 0.15) is 12.1 Å². The minimum Gasteiger partial charge on any atom is -0.252 e. The fraction of sp³-hybridized carbons (Fsp3) is 0.429. The summed E-state index contributed by atoms with van der Waals surface area (Å²) in [6.45, 7) is 1.89. The van der Waals surface area contributed by atoms with E-state index < -0.39 is 9.05 Å². The van der Waals surface area contributed by atoms with Gasteiger partial charge in [-0.05, 0) is 13.0 Å². The van der Waals surface area contributed by atoms with Gasteiger partial charge in [-0.25, -0.2) is 8.42 Å². The van der Waals surface area contributed by atoms with Crippen LogP contribution in [0.5, 0.6) is 0 Å². The van der Waals surface area contributed by atoms with Gasteiger partial charge in [-0.2, -0.15) is 10.4 Å². The van der Waals surface area contributed by atoms with E-state index in [4.69, 9.17) is 15.9 Å². The van der Waals surface area contributed by atoms with Gasteiger partial charge in [-0.3, -0.25) is 4.68 Å². The molecular formula is C7H8ClN3O2S. The number of aromatic nitrogens is 2. The van der Waals surface area contributed by atoms with Crippen LogP contribution in [0, 0.1) is 18.3 Å². The van der Waals surface area contributed by atoms with E-state index in [9.17, 15) is 8.42 Å². The molecule has 76 valence electrons. The minimum atomic E-state index is -3.78. The van der Waals surface area contributed by atoms with E-state index in [0.29, 0.717) is 5.69 Å². The SMILES string of the molecule is Cc1cc(S(=O)(=O)Cl)n(CCC#N)n1. The lowest BCUT2D eigenvalue weighted by Gasteiger charge is -2.00. The Balaban J connectivity index is 3.11. The van der Waals surface area contributed by atoms with Gasteiger partial charge >= 0.3 is 0 Å². The molecule has 0 N–H and O–H groups in total. The average Bonchev–Trinajstić information content (AvgIpc) is 2.42. The third-order valence-electron chi connectivity index (χ3n) is 1.55. The maximum Gasteiger partial charge on any atom is 0.278 e. The van der Waals surface area contributed by atoms with Gasteiger partial charge in [-0.1, -0.05) is 0 Å². The Morgan fingerprint density at radius 1 is 1.71 bits per heavy atom. The van der Waals surface area contributed by atoms with Gasteiger partial charge in [0.1, 0.15) is 0 Å². The van der Waals surface area contributed by atoms with E-state index in [2.05, 4.69) is 5.10 Å². The van der Waals surface area contributed by atoms with Gasteiger partial charge in [0.25, 0.3) is 9.05 Å². The van der Waals surface area contributed by atoms with Crippen molar-refractivity contribution in [2.45, 2.75) is 24.9 Å². The molecule has 1 heterocycles.